The van der Waals surface area contributed by atoms with Crippen LogP contribution < -0.4 is 0 Å². The lowest BCUT2D eigenvalue weighted by Crippen LogP contribution is -2.25. The van der Waals surface area contributed by atoms with Crippen LogP contribution in [0.25, 0.3) is 0 Å². The number of aromatic nitrogens is 1. The van der Waals surface area contributed by atoms with Gasteiger partial charge in [-0.3, -0.25) is 4.98 Å². The van der Waals surface area contributed by atoms with Gasteiger partial charge in [-0.25, -0.2) is 0 Å². The molecule has 4 heteroatoms. The van der Waals surface area contributed by atoms with Crippen molar-refractivity contribution in [2.45, 2.75) is 96.1 Å². The first-order valence-electron chi connectivity index (χ1n) is 11.0. The Bertz CT molecular complexity index is 550. The molecule has 1 nitrogen and oxygen atoms in total. The number of unbranched alkanes of at least 4 members (excludes halogenated alkanes) is 2. The summed E-state index contributed by atoms with van der Waals surface area (Å²) < 4.78 is 38.0. The summed E-state index contributed by atoms with van der Waals surface area (Å²) in [6.07, 6.45) is 12.9. The van der Waals surface area contributed by atoms with Crippen molar-refractivity contribution < 1.29 is 13.2 Å². The molecule has 2 fully saturated rings. The highest BCUT2D eigenvalue weighted by Gasteiger charge is 2.33. The smallest absolute Gasteiger partial charge is 0.251 e. The number of nitrogens with zero attached hydrogens (tertiary/aromatic N) is 1. The van der Waals surface area contributed by atoms with Crippen LogP contribution in [0.15, 0.2) is 18.3 Å². The van der Waals surface area contributed by atoms with E-state index in [-0.39, 0.29) is 0 Å². The van der Waals surface area contributed by atoms with Gasteiger partial charge in [0.25, 0.3) is 0 Å². The average Bonchev–Trinajstić information content (AvgIpc) is 2.68. The van der Waals surface area contributed by atoms with Gasteiger partial charge in [0.1, 0.15) is 5.69 Å². The molecule has 1 aromatic heterocycles. The Morgan fingerprint density at radius 3 is 2.04 bits per heavy atom. The normalized spacial score (nSPS) is 29.6. The molecule has 0 spiro atoms. The molecule has 1 heterocycles. The Kier molecular flexibility index (Phi) is 7.22. The average molecular weight is 382 g/mol. The molecule has 0 N–H and O–H groups in total. The fraction of sp³-hybridized carbons (Fsp3) is 0.783. The van der Waals surface area contributed by atoms with E-state index in [1.165, 1.54) is 70.4 Å². The molecule has 2 saturated carbocycles. The molecular weight excluding hydrogens is 347 g/mol. The first-order chi connectivity index (χ1) is 13.0. The van der Waals surface area contributed by atoms with Crippen molar-refractivity contribution in [3.8, 4) is 0 Å². The van der Waals surface area contributed by atoms with Gasteiger partial charge in [0.15, 0.2) is 0 Å². The van der Waals surface area contributed by atoms with Crippen molar-refractivity contribution in [3.05, 3.63) is 29.6 Å². The number of rotatable bonds is 6. The Morgan fingerprint density at radius 2 is 1.52 bits per heavy atom. The number of pyridine rings is 1. The van der Waals surface area contributed by atoms with Crippen LogP contribution in [-0.2, 0) is 6.18 Å². The molecule has 2 aliphatic rings. The van der Waals surface area contributed by atoms with E-state index in [0.717, 1.165) is 42.2 Å². The molecule has 2 aliphatic carbocycles. The maximum absolute atomic E-state index is 12.7. The third-order valence-corrected chi connectivity index (χ3v) is 7.09. The molecule has 1 aromatic rings. The zero-order valence-corrected chi connectivity index (χ0v) is 16.6. The van der Waals surface area contributed by atoms with E-state index < -0.39 is 11.9 Å². The molecule has 0 atom stereocenters. The standard InChI is InChI=1S/C23H34F3N/c1-2-3-4-5-17-6-8-18(9-7-17)19-10-12-20(13-11-19)21-14-15-22(27-16-21)23(24,25)26/h14-20H,2-13H2,1H3/t17-,18-,19-,20-. The van der Waals surface area contributed by atoms with Gasteiger partial charge in [0, 0.05) is 6.20 Å². The van der Waals surface area contributed by atoms with Gasteiger partial charge in [-0.05, 0) is 73.8 Å². The van der Waals surface area contributed by atoms with Gasteiger partial charge >= 0.3 is 6.18 Å². The van der Waals surface area contributed by atoms with Gasteiger partial charge < -0.3 is 0 Å². The summed E-state index contributed by atoms with van der Waals surface area (Å²) in [5.74, 6) is 3.07. The fourth-order valence-corrected chi connectivity index (χ4v) is 5.37. The van der Waals surface area contributed by atoms with Crippen molar-refractivity contribution >= 4 is 0 Å². The van der Waals surface area contributed by atoms with E-state index in [1.54, 1.807) is 6.07 Å². The van der Waals surface area contributed by atoms with E-state index in [4.69, 9.17) is 0 Å². The van der Waals surface area contributed by atoms with Crippen LogP contribution in [-0.4, -0.2) is 4.98 Å². The summed E-state index contributed by atoms with van der Waals surface area (Å²) >= 11 is 0. The molecule has 0 saturated heterocycles. The Labute approximate surface area is 162 Å². The molecule has 152 valence electrons. The zero-order valence-electron chi connectivity index (χ0n) is 16.6. The molecule has 0 unspecified atom stereocenters. The SMILES string of the molecule is CCCCC[C@H]1CC[C@H]([C@H]2CC[C@H](c3ccc(C(F)(F)F)nc3)CC2)CC1. The van der Waals surface area contributed by atoms with Crippen LogP contribution in [0.5, 0.6) is 0 Å². The van der Waals surface area contributed by atoms with Gasteiger partial charge in [-0.1, -0.05) is 51.5 Å². The Hall–Kier alpha value is -1.06. The molecule has 3 rings (SSSR count). The largest absolute Gasteiger partial charge is 0.433 e. The number of alkyl halides is 3. The van der Waals surface area contributed by atoms with Crippen molar-refractivity contribution in [2.75, 3.05) is 0 Å². The molecule has 27 heavy (non-hydrogen) atoms. The summed E-state index contributed by atoms with van der Waals surface area (Å²) in [4.78, 5) is 3.65. The third kappa shape index (κ3) is 5.71. The van der Waals surface area contributed by atoms with E-state index >= 15 is 0 Å². The van der Waals surface area contributed by atoms with E-state index in [1.807, 2.05) is 0 Å². The maximum atomic E-state index is 12.7. The first kappa shape index (κ1) is 20.7. The Balaban J connectivity index is 1.43. The second kappa shape index (κ2) is 9.43. The zero-order chi connectivity index (χ0) is 19.3. The van der Waals surface area contributed by atoms with Crippen molar-refractivity contribution in [2.24, 2.45) is 17.8 Å². The molecule has 0 amide bonds. The predicted octanol–water partition coefficient (Wildman–Crippen LogP) is 7.76. The highest BCUT2D eigenvalue weighted by atomic mass is 19.4. The quantitative estimate of drug-likeness (QED) is 0.459. The molecular formula is C23H34F3N. The number of hydrogen-bond acceptors (Lipinski definition) is 1. The number of halogens is 3. The minimum Gasteiger partial charge on any atom is -0.251 e. The highest BCUT2D eigenvalue weighted by Crippen LogP contribution is 2.44. The minimum absolute atomic E-state index is 0.390. The third-order valence-electron chi connectivity index (χ3n) is 7.09. The van der Waals surface area contributed by atoms with Gasteiger partial charge in [0.05, 0.1) is 0 Å². The van der Waals surface area contributed by atoms with Crippen LogP contribution in [0.1, 0.15) is 101 Å². The van der Waals surface area contributed by atoms with E-state index in [0.29, 0.717) is 5.92 Å². The fourth-order valence-electron chi connectivity index (χ4n) is 5.37. The molecule has 0 bridgehead atoms. The first-order valence-corrected chi connectivity index (χ1v) is 11.0. The summed E-state index contributed by atoms with van der Waals surface area (Å²) in [5, 5.41) is 0. The summed E-state index contributed by atoms with van der Waals surface area (Å²) in [6.45, 7) is 2.27. The monoisotopic (exact) mass is 381 g/mol. The second-order valence-corrected chi connectivity index (χ2v) is 8.86. The lowest BCUT2D eigenvalue weighted by atomic mass is 9.68. The van der Waals surface area contributed by atoms with Crippen LogP contribution >= 0.6 is 0 Å². The lowest BCUT2D eigenvalue weighted by molar-refractivity contribution is -0.141. The van der Waals surface area contributed by atoms with Crippen LogP contribution in [0.2, 0.25) is 0 Å². The predicted molar refractivity (Wildman–Crippen MR) is 104 cm³/mol. The maximum Gasteiger partial charge on any atom is 0.433 e. The summed E-state index contributed by atoms with van der Waals surface area (Å²) in [6, 6.07) is 2.78. The second-order valence-electron chi connectivity index (χ2n) is 8.86. The molecule has 0 aliphatic heterocycles. The van der Waals surface area contributed by atoms with Crippen LogP contribution in [0.3, 0.4) is 0 Å². The van der Waals surface area contributed by atoms with Crippen molar-refractivity contribution in [3.63, 3.8) is 0 Å². The van der Waals surface area contributed by atoms with Crippen molar-refractivity contribution in [1.29, 1.82) is 0 Å². The highest BCUT2D eigenvalue weighted by molar-refractivity contribution is 5.20. The van der Waals surface area contributed by atoms with Crippen LogP contribution in [0.4, 0.5) is 13.2 Å². The summed E-state index contributed by atoms with van der Waals surface area (Å²) in [5.41, 5.74) is 0.205. The molecule has 0 aromatic carbocycles. The van der Waals surface area contributed by atoms with Gasteiger partial charge in [-0.2, -0.15) is 13.2 Å². The van der Waals surface area contributed by atoms with Gasteiger partial charge in [-0.15, -0.1) is 0 Å². The van der Waals surface area contributed by atoms with E-state index in [2.05, 4.69) is 11.9 Å². The van der Waals surface area contributed by atoms with E-state index in [9.17, 15) is 13.2 Å². The minimum atomic E-state index is -4.34. The topological polar surface area (TPSA) is 12.9 Å². The molecule has 0 radical (unpaired) electrons. The summed E-state index contributed by atoms with van der Waals surface area (Å²) in [7, 11) is 0. The van der Waals surface area contributed by atoms with Crippen molar-refractivity contribution in [1.82, 2.24) is 4.98 Å². The van der Waals surface area contributed by atoms with Gasteiger partial charge in [0.2, 0.25) is 0 Å². The van der Waals surface area contributed by atoms with Crippen LogP contribution in [0, 0.1) is 17.8 Å². The lowest BCUT2D eigenvalue weighted by Gasteiger charge is -2.38. The number of hydrogen-bond donors (Lipinski definition) is 0. The Morgan fingerprint density at radius 1 is 0.889 bits per heavy atom.